The maximum Gasteiger partial charge on any atom is 0.325 e. The third-order valence-electron chi connectivity index (χ3n) is 7.05. The molecular formula is C29H39N3O7. The molecule has 39 heavy (non-hydrogen) atoms. The van der Waals surface area contributed by atoms with Crippen LogP contribution in [-0.2, 0) is 30.3 Å². The number of anilines is 1. The van der Waals surface area contributed by atoms with E-state index in [9.17, 15) is 14.7 Å². The Balaban J connectivity index is 1.44. The largest absolute Gasteiger partial charge is 0.465 e. The number of hydrogen-bond acceptors (Lipinski definition) is 8. The number of esters is 1. The number of aliphatic hydroxyl groups excluding tert-OH is 1. The Morgan fingerprint density at radius 2 is 1.82 bits per heavy atom. The Bertz CT molecular complexity index is 1060. The zero-order valence-corrected chi connectivity index (χ0v) is 22.6. The van der Waals surface area contributed by atoms with Crippen molar-refractivity contribution in [3.8, 4) is 0 Å². The van der Waals surface area contributed by atoms with Gasteiger partial charge in [-0.2, -0.15) is 0 Å². The van der Waals surface area contributed by atoms with Gasteiger partial charge < -0.3 is 34.7 Å². The normalized spacial score (nSPS) is 23.4. The van der Waals surface area contributed by atoms with E-state index >= 15 is 0 Å². The summed E-state index contributed by atoms with van der Waals surface area (Å²) < 4.78 is 23.2. The molecule has 2 aliphatic rings. The maximum atomic E-state index is 12.1. The molecule has 2 heterocycles. The third-order valence-corrected chi connectivity index (χ3v) is 7.05. The summed E-state index contributed by atoms with van der Waals surface area (Å²) in [6.45, 7) is 4.29. The predicted octanol–water partition coefficient (Wildman–Crippen LogP) is 3.52. The molecule has 0 aromatic heterocycles. The molecule has 0 aliphatic carbocycles. The second-order valence-corrected chi connectivity index (χ2v) is 9.83. The number of benzene rings is 2. The number of methoxy groups -OCH3 is 1. The number of ether oxygens (including phenoxy) is 4. The van der Waals surface area contributed by atoms with Crippen molar-refractivity contribution in [3.63, 3.8) is 0 Å². The molecule has 2 aromatic carbocycles. The molecule has 0 unspecified atom stereocenters. The molecule has 4 rings (SSSR count). The van der Waals surface area contributed by atoms with E-state index in [0.717, 1.165) is 42.6 Å². The minimum atomic E-state index is -0.582. The standard InChI is InChI=1S/C29H39N3O7/c1-3-37-27(34)16-30-29(35)31-23-12-10-22(11-13-23)28-38-25(17-32-14-4-5-24(32)19-36-2)15-26(39-28)21-8-6-20(18-33)7-9-21/h6-13,24-26,28,33H,3-5,14-19H2,1-2H3,(H2,30,31,35)/t24-,25-,26+,28+/m0/s1. The third kappa shape index (κ3) is 8.23. The summed E-state index contributed by atoms with van der Waals surface area (Å²) in [5, 5.41) is 14.6. The van der Waals surface area contributed by atoms with Gasteiger partial charge in [-0.15, -0.1) is 0 Å². The smallest absolute Gasteiger partial charge is 0.325 e. The van der Waals surface area contributed by atoms with Crippen LogP contribution in [0.15, 0.2) is 48.5 Å². The number of hydrogen-bond donors (Lipinski definition) is 3. The van der Waals surface area contributed by atoms with Crippen molar-refractivity contribution in [1.29, 1.82) is 0 Å². The Kier molecular flexibility index (Phi) is 10.7. The van der Waals surface area contributed by atoms with E-state index in [0.29, 0.717) is 24.8 Å². The van der Waals surface area contributed by atoms with Gasteiger partial charge in [0.05, 0.1) is 32.0 Å². The summed E-state index contributed by atoms with van der Waals surface area (Å²) in [4.78, 5) is 26.0. The predicted molar refractivity (Wildman–Crippen MR) is 145 cm³/mol. The molecule has 212 valence electrons. The van der Waals surface area contributed by atoms with Crippen LogP contribution in [0.25, 0.3) is 0 Å². The molecule has 0 spiro atoms. The van der Waals surface area contributed by atoms with Crippen molar-refractivity contribution in [1.82, 2.24) is 10.2 Å². The first kappa shape index (κ1) is 29.0. The second kappa shape index (κ2) is 14.4. The van der Waals surface area contributed by atoms with E-state index in [2.05, 4.69) is 15.5 Å². The summed E-state index contributed by atoms with van der Waals surface area (Å²) >= 11 is 0. The molecule has 2 aliphatic heterocycles. The van der Waals surface area contributed by atoms with Crippen molar-refractivity contribution < 1.29 is 33.6 Å². The lowest BCUT2D eigenvalue weighted by atomic mass is 9.99. The van der Waals surface area contributed by atoms with Crippen LogP contribution in [0, 0.1) is 0 Å². The highest BCUT2D eigenvalue weighted by atomic mass is 16.7. The van der Waals surface area contributed by atoms with Crippen molar-refractivity contribution >= 4 is 17.7 Å². The number of rotatable bonds is 11. The zero-order chi connectivity index (χ0) is 27.6. The summed E-state index contributed by atoms with van der Waals surface area (Å²) in [7, 11) is 1.74. The van der Waals surface area contributed by atoms with Gasteiger partial charge in [-0.3, -0.25) is 9.69 Å². The Morgan fingerprint density at radius 3 is 2.51 bits per heavy atom. The summed E-state index contributed by atoms with van der Waals surface area (Å²) in [6.07, 6.45) is 2.18. The van der Waals surface area contributed by atoms with Gasteiger partial charge in [-0.1, -0.05) is 36.4 Å². The first-order valence-corrected chi connectivity index (χ1v) is 13.5. The van der Waals surface area contributed by atoms with Gasteiger partial charge in [0.1, 0.15) is 6.54 Å². The SMILES string of the molecule is CCOC(=O)CNC(=O)Nc1ccc([C@@H]2O[C@H](CN3CCC[C@H]3COC)C[C@H](c3ccc(CO)cc3)O2)cc1. The molecule has 3 N–H and O–H groups in total. The van der Waals surface area contributed by atoms with Gasteiger partial charge >= 0.3 is 12.0 Å². The van der Waals surface area contributed by atoms with Gasteiger partial charge in [-0.05, 0) is 49.6 Å². The number of nitrogens with one attached hydrogen (secondary N) is 2. The molecule has 10 nitrogen and oxygen atoms in total. The number of urea groups is 1. The van der Waals surface area contributed by atoms with E-state index in [1.165, 1.54) is 0 Å². The highest BCUT2D eigenvalue weighted by molar-refractivity contribution is 5.91. The number of amides is 2. The minimum Gasteiger partial charge on any atom is -0.465 e. The Hall–Kier alpha value is -3.02. The summed E-state index contributed by atoms with van der Waals surface area (Å²) in [5.74, 6) is -0.493. The van der Waals surface area contributed by atoms with Crippen LogP contribution in [0.4, 0.5) is 10.5 Å². The Labute approximate surface area is 229 Å². The van der Waals surface area contributed by atoms with Crippen molar-refractivity contribution in [2.45, 2.75) is 57.3 Å². The van der Waals surface area contributed by atoms with Crippen LogP contribution in [0.5, 0.6) is 0 Å². The number of aliphatic hydroxyl groups is 1. The number of likely N-dealkylation sites (tertiary alicyclic amines) is 1. The lowest BCUT2D eigenvalue weighted by molar-refractivity contribution is -0.253. The quantitative estimate of drug-likeness (QED) is 0.370. The molecule has 0 saturated carbocycles. The number of nitrogens with zero attached hydrogens (tertiary/aromatic N) is 1. The monoisotopic (exact) mass is 541 g/mol. The molecule has 0 radical (unpaired) electrons. The van der Waals surface area contributed by atoms with Crippen molar-refractivity contribution in [2.75, 3.05) is 45.3 Å². The second-order valence-electron chi connectivity index (χ2n) is 9.83. The highest BCUT2D eigenvalue weighted by Gasteiger charge is 2.35. The average Bonchev–Trinajstić information content (AvgIpc) is 3.39. The molecule has 2 saturated heterocycles. The van der Waals surface area contributed by atoms with Crippen LogP contribution in [-0.4, -0.2) is 74.1 Å². The van der Waals surface area contributed by atoms with Gasteiger partial charge in [0.15, 0.2) is 6.29 Å². The van der Waals surface area contributed by atoms with Crippen LogP contribution in [0.1, 0.15) is 55.3 Å². The molecule has 2 aromatic rings. The van der Waals surface area contributed by atoms with Gasteiger partial charge in [-0.25, -0.2) is 4.79 Å². The molecule has 2 fully saturated rings. The van der Waals surface area contributed by atoms with E-state index in [-0.39, 0.29) is 32.0 Å². The summed E-state index contributed by atoms with van der Waals surface area (Å²) in [6, 6.07) is 15.0. The minimum absolute atomic E-state index is 0.00273. The van der Waals surface area contributed by atoms with E-state index in [4.69, 9.17) is 18.9 Å². The zero-order valence-electron chi connectivity index (χ0n) is 22.6. The summed E-state index contributed by atoms with van der Waals surface area (Å²) in [5.41, 5.74) is 3.30. The molecule has 0 bridgehead atoms. The highest BCUT2D eigenvalue weighted by Crippen LogP contribution is 2.39. The molecule has 4 atom stereocenters. The van der Waals surface area contributed by atoms with E-state index in [1.54, 1.807) is 26.2 Å². The van der Waals surface area contributed by atoms with Crippen molar-refractivity contribution in [3.05, 3.63) is 65.2 Å². The fourth-order valence-electron chi connectivity index (χ4n) is 5.07. The van der Waals surface area contributed by atoms with Gasteiger partial charge in [0.25, 0.3) is 0 Å². The Morgan fingerprint density at radius 1 is 1.08 bits per heavy atom. The lowest BCUT2D eigenvalue weighted by Crippen LogP contribution is -2.42. The fraction of sp³-hybridized carbons (Fsp3) is 0.517. The number of carbonyl (C=O) groups excluding carboxylic acids is 2. The van der Waals surface area contributed by atoms with Crippen molar-refractivity contribution in [2.24, 2.45) is 0 Å². The van der Waals surface area contributed by atoms with E-state index in [1.807, 2.05) is 36.4 Å². The maximum absolute atomic E-state index is 12.1. The van der Waals surface area contributed by atoms with Crippen LogP contribution >= 0.6 is 0 Å². The molecule has 10 heteroatoms. The van der Waals surface area contributed by atoms with Gasteiger partial charge in [0.2, 0.25) is 0 Å². The molecular weight excluding hydrogens is 502 g/mol. The first-order chi connectivity index (χ1) is 19.0. The van der Waals surface area contributed by atoms with Crippen LogP contribution < -0.4 is 10.6 Å². The first-order valence-electron chi connectivity index (χ1n) is 13.5. The lowest BCUT2D eigenvalue weighted by Gasteiger charge is -2.38. The fourth-order valence-corrected chi connectivity index (χ4v) is 5.07. The topological polar surface area (TPSA) is 119 Å². The van der Waals surface area contributed by atoms with Crippen LogP contribution in [0.3, 0.4) is 0 Å². The van der Waals surface area contributed by atoms with Crippen LogP contribution in [0.2, 0.25) is 0 Å². The molecule has 2 amide bonds. The van der Waals surface area contributed by atoms with E-state index < -0.39 is 18.3 Å². The van der Waals surface area contributed by atoms with Gasteiger partial charge in [0, 0.05) is 37.4 Å². The average molecular weight is 542 g/mol. The number of carbonyl (C=O) groups is 2.